The number of aromatic nitrogens is 4. The monoisotopic (exact) mass is 711 g/mol. The molecule has 1 aliphatic heterocycles. The van der Waals surface area contributed by atoms with Crippen LogP contribution in [0, 0.1) is 30.1 Å². The molecular weight excluding hydrogens is 651 g/mol. The van der Waals surface area contributed by atoms with Crippen LogP contribution >= 0.6 is 11.3 Å². The van der Waals surface area contributed by atoms with Gasteiger partial charge in [-0.15, -0.1) is 5.10 Å². The van der Waals surface area contributed by atoms with Crippen LogP contribution in [0.4, 0.5) is 10.1 Å². The second-order valence-electron chi connectivity index (χ2n) is 14.3. The van der Waals surface area contributed by atoms with Crippen molar-refractivity contribution < 1.29 is 4.79 Å². The quantitative estimate of drug-likeness (QED) is 0.109. The van der Waals surface area contributed by atoms with Gasteiger partial charge in [-0.2, -0.15) is 9.94 Å². The maximum absolute atomic E-state index is 13.7. The molecule has 0 bridgehead atoms. The van der Waals surface area contributed by atoms with Crippen LogP contribution in [0.3, 0.4) is 0 Å². The molecule has 9 heteroatoms. The van der Waals surface area contributed by atoms with Crippen LogP contribution in [0.1, 0.15) is 160 Å². The molecule has 51 heavy (non-hydrogen) atoms. The van der Waals surface area contributed by atoms with E-state index in [-0.39, 0.29) is 11.5 Å². The molecule has 2 aromatic heterocycles. The number of nitriles is 1. The SMILES string of the molecule is CCCCC(CC)CN(CC(CC)CCCC)c1nc(-c2ccc(C)cc2)c(/N=C2/C(CC)=C(C#N)C(=O)n3nc(C(CC)CCCC)nc32)s1. The highest BCUT2D eigenvalue weighted by Gasteiger charge is 2.35. The molecule has 8 nitrogen and oxygen atoms in total. The summed E-state index contributed by atoms with van der Waals surface area (Å²) in [5.74, 6) is 1.98. The second kappa shape index (κ2) is 19.8. The van der Waals surface area contributed by atoms with Gasteiger partial charge in [0.25, 0.3) is 5.91 Å². The summed E-state index contributed by atoms with van der Waals surface area (Å²) in [6.07, 6.45) is 14.0. The molecule has 0 amide bonds. The van der Waals surface area contributed by atoms with Crippen molar-refractivity contribution in [3.8, 4) is 17.3 Å². The summed E-state index contributed by atoms with van der Waals surface area (Å²) in [6.45, 7) is 19.5. The Bertz CT molecular complexity index is 1660. The van der Waals surface area contributed by atoms with E-state index in [1.54, 1.807) is 11.3 Å². The Morgan fingerprint density at radius 2 is 1.47 bits per heavy atom. The first-order valence-electron chi connectivity index (χ1n) is 19.8. The highest BCUT2D eigenvalue weighted by atomic mass is 32.1. The molecule has 0 saturated carbocycles. The number of anilines is 1. The van der Waals surface area contributed by atoms with Crippen molar-refractivity contribution in [1.29, 1.82) is 5.26 Å². The third kappa shape index (κ3) is 9.83. The Labute approximate surface area is 311 Å². The summed E-state index contributed by atoms with van der Waals surface area (Å²) < 4.78 is 1.33. The number of rotatable bonds is 21. The van der Waals surface area contributed by atoms with Gasteiger partial charge in [0.15, 0.2) is 16.8 Å². The third-order valence-electron chi connectivity index (χ3n) is 10.5. The molecule has 0 N–H and O–H groups in total. The van der Waals surface area contributed by atoms with Gasteiger partial charge in [0.1, 0.15) is 28.0 Å². The summed E-state index contributed by atoms with van der Waals surface area (Å²) in [4.78, 5) is 32.0. The molecule has 276 valence electrons. The fourth-order valence-electron chi connectivity index (χ4n) is 7.03. The topological polar surface area (TPSA) is 100 Å². The van der Waals surface area contributed by atoms with Crippen LogP contribution in [-0.2, 0) is 0 Å². The summed E-state index contributed by atoms with van der Waals surface area (Å²) in [5, 5.41) is 16.8. The highest BCUT2D eigenvalue weighted by Crippen LogP contribution is 2.42. The number of aryl methyl sites for hydroxylation is 1. The van der Waals surface area contributed by atoms with E-state index >= 15 is 0 Å². The van der Waals surface area contributed by atoms with Gasteiger partial charge in [-0.05, 0) is 50.9 Å². The Morgan fingerprint density at radius 1 is 0.863 bits per heavy atom. The summed E-state index contributed by atoms with van der Waals surface area (Å²) in [6, 6.07) is 10.7. The molecule has 0 saturated heterocycles. The van der Waals surface area contributed by atoms with Crippen molar-refractivity contribution in [2.75, 3.05) is 18.0 Å². The molecule has 0 spiro atoms. The number of aliphatic imine (C=N–C) groups is 1. The first-order chi connectivity index (χ1) is 24.8. The number of nitrogens with zero attached hydrogens (tertiary/aromatic N) is 7. The van der Waals surface area contributed by atoms with E-state index in [1.807, 2.05) is 6.92 Å². The van der Waals surface area contributed by atoms with Gasteiger partial charge in [0.2, 0.25) is 0 Å². The van der Waals surface area contributed by atoms with Gasteiger partial charge in [0, 0.05) is 30.1 Å². The molecule has 3 aromatic rings. The van der Waals surface area contributed by atoms with Crippen molar-refractivity contribution >= 4 is 33.1 Å². The Balaban J connectivity index is 1.93. The number of thiazole rings is 1. The summed E-state index contributed by atoms with van der Waals surface area (Å²) in [5.41, 5.74) is 4.27. The minimum absolute atomic E-state index is 0.0912. The van der Waals surface area contributed by atoms with E-state index in [4.69, 9.17) is 20.1 Å². The van der Waals surface area contributed by atoms with Gasteiger partial charge in [-0.25, -0.2) is 15.0 Å². The number of carbonyl (C=O) groups excluding carboxylic acids is 1. The van der Waals surface area contributed by atoms with Gasteiger partial charge < -0.3 is 4.90 Å². The Morgan fingerprint density at radius 3 is 2.00 bits per heavy atom. The van der Waals surface area contributed by atoms with Crippen molar-refractivity contribution in [1.82, 2.24) is 19.7 Å². The normalized spacial score (nSPS) is 15.6. The lowest BCUT2D eigenvalue weighted by atomic mass is 9.96. The number of hydrogen-bond donors (Lipinski definition) is 0. The second-order valence-corrected chi connectivity index (χ2v) is 15.2. The third-order valence-corrected chi connectivity index (χ3v) is 11.5. The van der Waals surface area contributed by atoms with E-state index < -0.39 is 5.91 Å². The highest BCUT2D eigenvalue weighted by molar-refractivity contribution is 7.19. The molecular formula is C42H61N7OS. The van der Waals surface area contributed by atoms with Gasteiger partial charge in [0.05, 0.1) is 0 Å². The van der Waals surface area contributed by atoms with Crippen LogP contribution < -0.4 is 4.90 Å². The predicted molar refractivity (Wildman–Crippen MR) is 213 cm³/mol. The van der Waals surface area contributed by atoms with Crippen molar-refractivity contribution in [3.05, 3.63) is 52.6 Å². The van der Waals surface area contributed by atoms with E-state index in [0.717, 1.165) is 73.0 Å². The van der Waals surface area contributed by atoms with E-state index in [2.05, 4.69) is 83.7 Å². The zero-order chi connectivity index (χ0) is 36.9. The standard InChI is InChI=1S/C42H61N7OS/c1-9-16-19-30(12-4)27-48(28-31(13-5)20-17-10-2)42-45-36(33-24-22-29(8)23-25-33)40(51-42)44-37-34(15-7)35(26-43)41(50)49-39(37)46-38(47-49)32(14-6)21-18-11-3/h22-25,30-32H,9-21,27-28H2,1-8H3/b44-37-. The summed E-state index contributed by atoms with van der Waals surface area (Å²) >= 11 is 1.62. The minimum Gasteiger partial charge on any atom is -0.347 e. The molecule has 3 heterocycles. The van der Waals surface area contributed by atoms with E-state index in [1.165, 1.54) is 48.8 Å². The lowest BCUT2D eigenvalue weighted by Crippen LogP contribution is -2.34. The maximum atomic E-state index is 13.7. The lowest BCUT2D eigenvalue weighted by molar-refractivity contribution is 0.0940. The zero-order valence-corrected chi connectivity index (χ0v) is 33.4. The van der Waals surface area contributed by atoms with Gasteiger partial charge in [-0.3, -0.25) is 4.79 Å². The van der Waals surface area contributed by atoms with E-state index in [0.29, 0.717) is 41.2 Å². The zero-order valence-electron chi connectivity index (χ0n) is 32.6. The average molecular weight is 712 g/mol. The minimum atomic E-state index is -0.419. The van der Waals surface area contributed by atoms with Crippen LogP contribution in [0.2, 0.25) is 0 Å². The molecule has 4 rings (SSSR count). The predicted octanol–water partition coefficient (Wildman–Crippen LogP) is 11.6. The lowest BCUT2D eigenvalue weighted by Gasteiger charge is -2.30. The smallest absolute Gasteiger partial charge is 0.291 e. The number of hydrogen-bond acceptors (Lipinski definition) is 8. The molecule has 3 atom stereocenters. The van der Waals surface area contributed by atoms with Crippen LogP contribution in [0.5, 0.6) is 0 Å². The van der Waals surface area contributed by atoms with Crippen molar-refractivity contribution in [3.63, 3.8) is 0 Å². The van der Waals surface area contributed by atoms with Crippen LogP contribution in [-0.4, -0.2) is 44.5 Å². The molecule has 0 aliphatic carbocycles. The number of unbranched alkanes of at least 4 members (excludes halogenated alkanes) is 3. The van der Waals surface area contributed by atoms with Crippen molar-refractivity contribution in [2.24, 2.45) is 16.8 Å². The number of carbonyl (C=O) groups is 1. The fourth-order valence-corrected chi connectivity index (χ4v) is 8.01. The molecule has 0 fully saturated rings. The first kappa shape index (κ1) is 40.1. The number of benzene rings is 1. The molecule has 1 aromatic carbocycles. The Kier molecular flexibility index (Phi) is 15.6. The van der Waals surface area contributed by atoms with Gasteiger partial charge >= 0.3 is 0 Å². The van der Waals surface area contributed by atoms with Crippen molar-refractivity contribution in [2.45, 2.75) is 145 Å². The van der Waals surface area contributed by atoms with E-state index in [9.17, 15) is 10.1 Å². The Hall–Kier alpha value is -3.64. The van der Waals surface area contributed by atoms with Crippen LogP contribution in [0.15, 0.2) is 40.4 Å². The largest absolute Gasteiger partial charge is 0.347 e. The summed E-state index contributed by atoms with van der Waals surface area (Å²) in [7, 11) is 0. The van der Waals surface area contributed by atoms with Gasteiger partial charge in [-0.1, -0.05) is 141 Å². The average Bonchev–Trinajstić information content (AvgIpc) is 3.78. The number of fused-ring (bicyclic) bond motifs is 1. The first-order valence-corrected chi connectivity index (χ1v) is 20.7. The number of allylic oxidation sites excluding steroid dienone is 2. The maximum Gasteiger partial charge on any atom is 0.291 e. The molecule has 3 unspecified atom stereocenters. The fraction of sp³-hybridized carbons (Fsp3) is 0.619. The van der Waals surface area contributed by atoms with Crippen LogP contribution in [0.25, 0.3) is 11.3 Å². The molecule has 0 radical (unpaired) electrons. The molecule has 1 aliphatic rings.